The maximum atomic E-state index is 13.1. The van der Waals surface area contributed by atoms with Crippen LogP contribution in [-0.4, -0.2) is 27.9 Å². The highest BCUT2D eigenvalue weighted by Crippen LogP contribution is 2.33. The Kier molecular flexibility index (Phi) is 4.77. The second-order valence-corrected chi connectivity index (χ2v) is 6.06. The summed E-state index contributed by atoms with van der Waals surface area (Å²) >= 11 is 0. The zero-order valence-electron chi connectivity index (χ0n) is 14.8. The average molecular weight is 370 g/mol. The number of carboxylic acid groups (broad SMARTS) is 1. The quantitative estimate of drug-likeness (QED) is 0.590. The number of hydrogen-bond donors (Lipinski definition) is 3. The van der Waals surface area contributed by atoms with Crippen LogP contribution in [-0.2, 0) is 11.2 Å². The Morgan fingerprint density at radius 2 is 1.89 bits per heavy atom. The van der Waals surface area contributed by atoms with Crippen molar-refractivity contribution >= 4 is 16.9 Å². The number of phenolic OH excluding ortho intramolecular Hbond substituents is 2. The van der Waals surface area contributed by atoms with Crippen LogP contribution in [0.25, 0.3) is 22.1 Å². The Labute approximate surface area is 154 Å². The molecule has 0 aliphatic heterocycles. The van der Waals surface area contributed by atoms with Gasteiger partial charge in [-0.3, -0.25) is 4.79 Å². The lowest BCUT2D eigenvalue weighted by molar-refractivity contribution is -0.139. The van der Waals surface area contributed by atoms with Crippen molar-refractivity contribution in [2.45, 2.75) is 20.3 Å². The highest BCUT2D eigenvalue weighted by Gasteiger charge is 2.17. The Morgan fingerprint density at radius 1 is 1.15 bits per heavy atom. The van der Waals surface area contributed by atoms with Crippen LogP contribution in [0.4, 0.5) is 0 Å². The number of fused-ring (bicyclic) bond motifs is 1. The first-order valence-corrected chi connectivity index (χ1v) is 8.29. The van der Waals surface area contributed by atoms with E-state index >= 15 is 0 Å². The molecular weight excluding hydrogens is 352 g/mol. The van der Waals surface area contributed by atoms with Crippen LogP contribution in [0.5, 0.6) is 17.2 Å². The predicted molar refractivity (Wildman–Crippen MR) is 98.5 cm³/mol. The van der Waals surface area contributed by atoms with Gasteiger partial charge in [-0.25, -0.2) is 4.79 Å². The fraction of sp³-hybridized carbons (Fsp3) is 0.200. The number of aliphatic carboxylic acids is 1. The Morgan fingerprint density at radius 3 is 2.52 bits per heavy atom. The molecule has 0 atom stereocenters. The van der Waals surface area contributed by atoms with E-state index in [0.717, 1.165) is 0 Å². The normalized spacial score (nSPS) is 10.9. The highest BCUT2D eigenvalue weighted by atomic mass is 16.5. The molecule has 0 amide bonds. The van der Waals surface area contributed by atoms with Gasteiger partial charge in [0, 0.05) is 6.07 Å². The molecule has 0 aliphatic carbocycles. The van der Waals surface area contributed by atoms with E-state index in [1.807, 2.05) is 6.92 Å². The minimum Gasteiger partial charge on any atom is -0.504 e. The third-order valence-electron chi connectivity index (χ3n) is 4.25. The van der Waals surface area contributed by atoms with E-state index in [-0.39, 0.29) is 28.1 Å². The molecule has 0 spiro atoms. The van der Waals surface area contributed by atoms with Gasteiger partial charge in [0.05, 0.1) is 10.9 Å². The number of phenols is 2. The summed E-state index contributed by atoms with van der Waals surface area (Å²) in [4.78, 5) is 23.8. The maximum absolute atomic E-state index is 13.1. The van der Waals surface area contributed by atoms with Gasteiger partial charge in [-0.05, 0) is 42.7 Å². The molecule has 0 bridgehead atoms. The summed E-state index contributed by atoms with van der Waals surface area (Å²) in [6.07, 6.45) is 0.535. The number of ether oxygens (including phenoxy) is 1. The van der Waals surface area contributed by atoms with E-state index in [9.17, 15) is 19.8 Å². The molecule has 0 fully saturated rings. The lowest BCUT2D eigenvalue weighted by Crippen LogP contribution is -2.12. The summed E-state index contributed by atoms with van der Waals surface area (Å²) < 4.78 is 11.1. The van der Waals surface area contributed by atoms with Gasteiger partial charge >= 0.3 is 5.97 Å². The highest BCUT2D eigenvalue weighted by molar-refractivity contribution is 5.85. The fourth-order valence-corrected chi connectivity index (χ4v) is 2.94. The van der Waals surface area contributed by atoms with Gasteiger partial charge in [0.15, 0.2) is 18.1 Å². The zero-order chi connectivity index (χ0) is 19.7. The van der Waals surface area contributed by atoms with Crippen molar-refractivity contribution in [3.63, 3.8) is 0 Å². The number of aromatic hydroxyl groups is 2. The predicted octanol–water partition coefficient (Wildman–Crippen LogP) is 3.21. The summed E-state index contributed by atoms with van der Waals surface area (Å²) in [7, 11) is 0. The van der Waals surface area contributed by atoms with Crippen molar-refractivity contribution in [3.8, 4) is 28.4 Å². The molecule has 0 unspecified atom stereocenters. The summed E-state index contributed by atoms with van der Waals surface area (Å²) in [5.41, 5.74) is 1.36. The van der Waals surface area contributed by atoms with E-state index in [1.54, 1.807) is 13.0 Å². The molecule has 2 aromatic carbocycles. The lowest BCUT2D eigenvalue weighted by Gasteiger charge is -2.12. The van der Waals surface area contributed by atoms with Crippen molar-refractivity contribution in [2.24, 2.45) is 0 Å². The molecule has 1 aromatic heterocycles. The van der Waals surface area contributed by atoms with Crippen LogP contribution in [0.3, 0.4) is 0 Å². The number of carbonyl (C=O) groups is 1. The minimum atomic E-state index is -1.10. The molecule has 27 heavy (non-hydrogen) atoms. The monoisotopic (exact) mass is 370 g/mol. The van der Waals surface area contributed by atoms with Gasteiger partial charge in [-0.15, -0.1) is 0 Å². The Balaban J connectivity index is 2.21. The van der Waals surface area contributed by atoms with Crippen molar-refractivity contribution in [2.75, 3.05) is 6.61 Å². The van der Waals surface area contributed by atoms with Crippen LogP contribution in [0.2, 0.25) is 0 Å². The molecule has 0 saturated carbocycles. The van der Waals surface area contributed by atoms with Crippen molar-refractivity contribution in [1.29, 1.82) is 0 Å². The van der Waals surface area contributed by atoms with Crippen molar-refractivity contribution in [1.82, 2.24) is 0 Å². The number of aryl methyl sites for hydroxylation is 2. The van der Waals surface area contributed by atoms with E-state index < -0.39 is 12.6 Å². The fourth-order valence-electron chi connectivity index (χ4n) is 2.94. The molecule has 7 heteroatoms. The minimum absolute atomic E-state index is 0.277. The number of benzene rings is 2. The average Bonchev–Trinajstić information content (AvgIpc) is 2.62. The van der Waals surface area contributed by atoms with Crippen LogP contribution in [0.15, 0.2) is 39.5 Å². The first kappa shape index (κ1) is 18.3. The molecule has 3 aromatic rings. The molecule has 0 saturated heterocycles. The van der Waals surface area contributed by atoms with Gasteiger partial charge in [0.1, 0.15) is 17.1 Å². The molecule has 0 aliphatic rings. The van der Waals surface area contributed by atoms with Crippen molar-refractivity contribution in [3.05, 3.63) is 51.9 Å². The molecule has 3 N–H and O–H groups in total. The zero-order valence-corrected chi connectivity index (χ0v) is 14.8. The Hall–Kier alpha value is -3.48. The van der Waals surface area contributed by atoms with E-state index in [4.69, 9.17) is 14.3 Å². The summed E-state index contributed by atoms with van der Waals surface area (Å²) in [6.45, 7) is 2.99. The van der Waals surface area contributed by atoms with E-state index in [1.165, 1.54) is 24.3 Å². The number of rotatable bonds is 5. The van der Waals surface area contributed by atoms with Gasteiger partial charge in [-0.1, -0.05) is 13.0 Å². The van der Waals surface area contributed by atoms with E-state index in [2.05, 4.69) is 0 Å². The van der Waals surface area contributed by atoms with E-state index in [0.29, 0.717) is 34.4 Å². The third-order valence-corrected chi connectivity index (χ3v) is 4.25. The summed E-state index contributed by atoms with van der Waals surface area (Å²) in [5, 5.41) is 28.3. The largest absolute Gasteiger partial charge is 0.504 e. The summed E-state index contributed by atoms with van der Waals surface area (Å²) in [5.74, 6) is -1.04. The summed E-state index contributed by atoms with van der Waals surface area (Å²) in [6, 6.07) is 7.26. The molecule has 0 radical (unpaired) electrons. The van der Waals surface area contributed by atoms with Crippen LogP contribution in [0, 0.1) is 6.92 Å². The van der Waals surface area contributed by atoms with Gasteiger partial charge in [-0.2, -0.15) is 0 Å². The standard InChI is InChI=1S/C20H18O7/c1-3-11-6-13-17(8-16(11)26-9-18(23)24)27-10(2)19(20(13)25)12-4-5-14(21)15(22)7-12/h4-8,21-22H,3,9H2,1-2H3,(H,23,24). The van der Waals surface area contributed by atoms with Crippen LogP contribution in [0.1, 0.15) is 18.2 Å². The first-order chi connectivity index (χ1) is 12.8. The van der Waals surface area contributed by atoms with Crippen LogP contribution >= 0.6 is 0 Å². The first-order valence-electron chi connectivity index (χ1n) is 8.29. The number of hydrogen-bond acceptors (Lipinski definition) is 6. The molecule has 140 valence electrons. The maximum Gasteiger partial charge on any atom is 0.341 e. The molecular formula is C20H18O7. The molecule has 7 nitrogen and oxygen atoms in total. The number of carboxylic acids is 1. The topological polar surface area (TPSA) is 117 Å². The van der Waals surface area contributed by atoms with Gasteiger partial charge in [0.2, 0.25) is 5.43 Å². The SMILES string of the molecule is CCc1cc2c(=O)c(-c3ccc(O)c(O)c3)c(C)oc2cc1OCC(=O)O. The van der Waals surface area contributed by atoms with Crippen molar-refractivity contribution < 1.29 is 29.3 Å². The Bertz CT molecular complexity index is 1100. The second kappa shape index (κ2) is 7.03. The smallest absolute Gasteiger partial charge is 0.341 e. The van der Waals surface area contributed by atoms with Gasteiger partial charge < -0.3 is 24.5 Å². The third kappa shape index (κ3) is 3.44. The second-order valence-electron chi connectivity index (χ2n) is 6.06. The lowest BCUT2D eigenvalue weighted by atomic mass is 10.0. The van der Waals surface area contributed by atoms with Crippen LogP contribution < -0.4 is 10.2 Å². The molecule has 1 heterocycles. The molecule has 3 rings (SSSR count). The van der Waals surface area contributed by atoms with Gasteiger partial charge in [0.25, 0.3) is 0 Å².